The Hall–Kier alpha value is -2.37. The second-order valence-corrected chi connectivity index (χ2v) is 10.1. The zero-order valence-electron chi connectivity index (χ0n) is 17.5. The maximum Gasteiger partial charge on any atom is 0.309 e. The first-order valence-electron chi connectivity index (χ1n) is 10.2. The summed E-state index contributed by atoms with van der Waals surface area (Å²) in [7, 11) is -3.76. The predicted molar refractivity (Wildman–Crippen MR) is 117 cm³/mol. The van der Waals surface area contributed by atoms with Gasteiger partial charge in [-0.05, 0) is 38.3 Å². The summed E-state index contributed by atoms with van der Waals surface area (Å²) in [6.45, 7) is 4.50. The fraction of sp³-hybridized carbons (Fsp3) is 0.500. The van der Waals surface area contributed by atoms with E-state index in [2.05, 4.69) is 15.5 Å². The van der Waals surface area contributed by atoms with Crippen molar-refractivity contribution in [2.75, 3.05) is 31.6 Å². The molecule has 0 radical (unpaired) electrons. The summed E-state index contributed by atoms with van der Waals surface area (Å²) in [5, 5.41) is 12.3. The van der Waals surface area contributed by atoms with E-state index >= 15 is 0 Å². The highest BCUT2D eigenvalue weighted by atomic mass is 32.2. The average molecular weight is 467 g/mol. The van der Waals surface area contributed by atoms with Crippen molar-refractivity contribution in [1.29, 1.82) is 0 Å². The molecule has 2 aromatic rings. The summed E-state index contributed by atoms with van der Waals surface area (Å²) >= 11 is 1.38. The Morgan fingerprint density at radius 1 is 1.23 bits per heavy atom. The van der Waals surface area contributed by atoms with Gasteiger partial charge in [0.05, 0.1) is 24.0 Å². The average Bonchev–Trinajstić information content (AvgIpc) is 3.26. The van der Waals surface area contributed by atoms with Crippen molar-refractivity contribution >= 4 is 38.2 Å². The van der Waals surface area contributed by atoms with Gasteiger partial charge in [0.1, 0.15) is 5.01 Å². The molecule has 0 atom stereocenters. The monoisotopic (exact) mass is 466 g/mol. The number of rotatable bonds is 9. The summed E-state index contributed by atoms with van der Waals surface area (Å²) < 4.78 is 32.5. The maximum atomic E-state index is 13.0. The minimum atomic E-state index is -3.76. The van der Waals surface area contributed by atoms with Crippen molar-refractivity contribution in [1.82, 2.24) is 14.5 Å². The van der Waals surface area contributed by atoms with Crippen LogP contribution < -0.4 is 5.32 Å². The van der Waals surface area contributed by atoms with Crippen molar-refractivity contribution < 1.29 is 22.7 Å². The van der Waals surface area contributed by atoms with E-state index in [1.54, 1.807) is 19.1 Å². The van der Waals surface area contributed by atoms with E-state index < -0.39 is 10.0 Å². The number of sulfonamides is 1. The van der Waals surface area contributed by atoms with Gasteiger partial charge < -0.3 is 10.1 Å². The predicted octanol–water partition coefficient (Wildman–Crippen LogP) is 2.36. The van der Waals surface area contributed by atoms with Crippen LogP contribution in [0.3, 0.4) is 0 Å². The Labute approximate surface area is 185 Å². The summed E-state index contributed by atoms with van der Waals surface area (Å²) in [4.78, 5) is 24.5. The summed E-state index contributed by atoms with van der Waals surface area (Å²) in [6.07, 6.45) is 1.61. The number of hydrogen-bond donors (Lipinski definition) is 1. The van der Waals surface area contributed by atoms with E-state index in [1.807, 2.05) is 6.92 Å². The topological polar surface area (TPSA) is 119 Å². The Morgan fingerprint density at radius 2 is 1.97 bits per heavy atom. The SMILES string of the molecule is CCOC(=O)C1CCN(S(=O)(=O)c2cccc(C(=O)CNc3nnc(CC)s3)c2)CC1. The van der Waals surface area contributed by atoms with Gasteiger partial charge in [0.15, 0.2) is 5.78 Å². The van der Waals surface area contributed by atoms with Crippen LogP contribution in [0, 0.1) is 5.92 Å². The van der Waals surface area contributed by atoms with E-state index in [0.29, 0.717) is 30.1 Å². The number of aromatic nitrogens is 2. The number of nitrogens with zero attached hydrogens (tertiary/aromatic N) is 3. The number of piperidine rings is 1. The van der Waals surface area contributed by atoms with E-state index in [0.717, 1.165) is 11.4 Å². The van der Waals surface area contributed by atoms with Crippen LogP contribution in [0.1, 0.15) is 42.1 Å². The number of carbonyl (C=O) groups excluding carboxylic acids is 2. The molecule has 3 rings (SSSR count). The normalized spacial score (nSPS) is 15.5. The van der Waals surface area contributed by atoms with Crippen LogP contribution in [0.4, 0.5) is 5.13 Å². The minimum absolute atomic E-state index is 0.00716. The lowest BCUT2D eigenvalue weighted by molar-refractivity contribution is -0.149. The molecule has 9 nitrogen and oxygen atoms in total. The van der Waals surface area contributed by atoms with Crippen LogP contribution in [-0.4, -0.2) is 60.9 Å². The molecule has 2 heterocycles. The third kappa shape index (κ3) is 5.66. The summed E-state index contributed by atoms with van der Waals surface area (Å²) in [5.74, 6) is -0.800. The van der Waals surface area contributed by atoms with Gasteiger partial charge in [-0.2, -0.15) is 4.31 Å². The fourth-order valence-corrected chi connectivity index (χ4v) is 5.49. The number of ether oxygens (including phenoxy) is 1. The quantitative estimate of drug-likeness (QED) is 0.442. The number of ketones is 1. The Morgan fingerprint density at radius 3 is 2.61 bits per heavy atom. The zero-order valence-corrected chi connectivity index (χ0v) is 19.2. The molecule has 0 saturated carbocycles. The Kier molecular flexibility index (Phi) is 7.74. The second kappa shape index (κ2) is 10.3. The molecule has 0 amide bonds. The molecular weight excluding hydrogens is 440 g/mol. The Balaban J connectivity index is 1.64. The van der Waals surface area contributed by atoms with Crippen LogP contribution in [-0.2, 0) is 26.0 Å². The lowest BCUT2D eigenvalue weighted by Gasteiger charge is -2.30. The van der Waals surface area contributed by atoms with Crippen LogP contribution in [0.25, 0.3) is 0 Å². The minimum Gasteiger partial charge on any atom is -0.466 e. The molecule has 0 aliphatic carbocycles. The van der Waals surface area contributed by atoms with Crippen LogP contribution in [0.5, 0.6) is 0 Å². The molecule has 0 unspecified atom stereocenters. The van der Waals surface area contributed by atoms with Gasteiger partial charge >= 0.3 is 5.97 Å². The molecule has 168 valence electrons. The van der Waals surface area contributed by atoms with Crippen LogP contribution in [0.15, 0.2) is 29.2 Å². The number of carbonyl (C=O) groups is 2. The highest BCUT2D eigenvalue weighted by molar-refractivity contribution is 7.89. The van der Waals surface area contributed by atoms with Gasteiger partial charge in [0, 0.05) is 18.7 Å². The number of benzene rings is 1. The molecular formula is C20H26N4O5S2. The Bertz CT molecular complexity index is 1030. The molecule has 1 aromatic heterocycles. The molecule has 11 heteroatoms. The number of Topliss-reactive ketones (excluding diaryl/α,β-unsaturated/α-hetero) is 1. The fourth-order valence-electron chi connectivity index (χ4n) is 3.30. The lowest BCUT2D eigenvalue weighted by atomic mass is 9.98. The number of esters is 1. The molecule has 1 aromatic carbocycles. The maximum absolute atomic E-state index is 13.0. The first-order chi connectivity index (χ1) is 14.8. The summed E-state index contributed by atoms with van der Waals surface area (Å²) in [5.41, 5.74) is 0.301. The van der Waals surface area contributed by atoms with Gasteiger partial charge in [-0.1, -0.05) is 30.4 Å². The number of anilines is 1. The zero-order chi connectivity index (χ0) is 22.4. The number of aryl methyl sites for hydroxylation is 1. The van der Waals surface area contributed by atoms with E-state index in [9.17, 15) is 18.0 Å². The highest BCUT2D eigenvalue weighted by Gasteiger charge is 2.33. The number of hydrogen-bond acceptors (Lipinski definition) is 9. The van der Waals surface area contributed by atoms with Gasteiger partial charge in [0.25, 0.3) is 0 Å². The van der Waals surface area contributed by atoms with Crippen molar-refractivity contribution in [3.05, 3.63) is 34.8 Å². The smallest absolute Gasteiger partial charge is 0.309 e. The van der Waals surface area contributed by atoms with Crippen molar-refractivity contribution in [3.63, 3.8) is 0 Å². The highest BCUT2D eigenvalue weighted by Crippen LogP contribution is 2.25. The largest absolute Gasteiger partial charge is 0.466 e. The molecule has 1 N–H and O–H groups in total. The molecule has 1 saturated heterocycles. The first-order valence-corrected chi connectivity index (χ1v) is 12.5. The summed E-state index contributed by atoms with van der Waals surface area (Å²) in [6, 6.07) is 6.03. The third-order valence-electron chi connectivity index (χ3n) is 5.04. The van der Waals surface area contributed by atoms with Crippen molar-refractivity contribution in [2.45, 2.75) is 38.0 Å². The van der Waals surface area contributed by atoms with Crippen molar-refractivity contribution in [3.8, 4) is 0 Å². The third-order valence-corrected chi connectivity index (χ3v) is 7.96. The second-order valence-electron chi connectivity index (χ2n) is 7.09. The van der Waals surface area contributed by atoms with E-state index in [-0.39, 0.29) is 42.2 Å². The molecule has 0 bridgehead atoms. The first kappa shape index (κ1) is 23.3. The standard InChI is InChI=1S/C20H26N4O5S2/c1-3-18-22-23-20(30-18)21-13-17(25)15-6-5-7-16(12-15)31(27,28)24-10-8-14(9-11-24)19(26)29-4-2/h5-7,12,14H,3-4,8-11,13H2,1-2H3,(H,21,23). The lowest BCUT2D eigenvalue weighted by Crippen LogP contribution is -2.40. The molecule has 31 heavy (non-hydrogen) atoms. The van der Waals surface area contributed by atoms with Gasteiger partial charge in [0.2, 0.25) is 15.2 Å². The van der Waals surface area contributed by atoms with Crippen molar-refractivity contribution in [2.24, 2.45) is 5.92 Å². The van der Waals surface area contributed by atoms with Gasteiger partial charge in [-0.15, -0.1) is 10.2 Å². The van der Waals surface area contributed by atoms with E-state index in [1.165, 1.54) is 27.8 Å². The molecule has 1 fully saturated rings. The number of nitrogens with one attached hydrogen (secondary N) is 1. The van der Waals surface area contributed by atoms with Crippen LogP contribution >= 0.6 is 11.3 Å². The van der Waals surface area contributed by atoms with Crippen LogP contribution in [0.2, 0.25) is 0 Å². The van der Waals surface area contributed by atoms with E-state index in [4.69, 9.17) is 4.74 Å². The molecule has 0 spiro atoms. The van der Waals surface area contributed by atoms with Gasteiger partial charge in [-0.25, -0.2) is 8.42 Å². The van der Waals surface area contributed by atoms with Gasteiger partial charge in [-0.3, -0.25) is 9.59 Å². The molecule has 1 aliphatic rings. The molecule has 1 aliphatic heterocycles.